The van der Waals surface area contributed by atoms with Gasteiger partial charge in [0.25, 0.3) is 0 Å². The van der Waals surface area contributed by atoms with E-state index in [1.54, 1.807) is 18.2 Å². The summed E-state index contributed by atoms with van der Waals surface area (Å²) in [6.07, 6.45) is 0. The molecule has 270 valence electrons. The highest BCUT2D eigenvalue weighted by molar-refractivity contribution is 5.90. The molecule has 8 nitrogen and oxygen atoms in total. The summed E-state index contributed by atoms with van der Waals surface area (Å²) in [5, 5.41) is 9.32. The van der Waals surface area contributed by atoms with Crippen molar-refractivity contribution < 1.29 is 38.4 Å². The molecule has 0 aliphatic carbocycles. The highest BCUT2D eigenvalue weighted by Crippen LogP contribution is 2.35. The minimum absolute atomic E-state index is 0.178. The van der Waals surface area contributed by atoms with E-state index in [1.165, 1.54) is 13.2 Å². The second-order valence-electron chi connectivity index (χ2n) is 12.1. The van der Waals surface area contributed by atoms with Crippen LogP contribution in [0.15, 0.2) is 146 Å². The van der Waals surface area contributed by atoms with E-state index in [0.717, 1.165) is 33.4 Å². The molecule has 0 amide bonds. The molecule has 6 rings (SSSR count). The van der Waals surface area contributed by atoms with Gasteiger partial charge in [0.05, 0.1) is 18.2 Å². The van der Waals surface area contributed by atoms with Gasteiger partial charge < -0.3 is 28.8 Å². The molecule has 0 aromatic heterocycles. The molecule has 53 heavy (non-hydrogen) atoms. The summed E-state index contributed by atoms with van der Waals surface area (Å²) in [6, 6.07) is 45.8. The van der Waals surface area contributed by atoms with Crippen molar-refractivity contribution in [3.63, 3.8) is 0 Å². The number of esters is 1. The molecular weight excluding hydrogens is 668 g/mol. The maximum atomic E-state index is 12.0. The lowest BCUT2D eigenvalue weighted by atomic mass is 10.1. The van der Waals surface area contributed by atoms with Crippen molar-refractivity contribution in [2.45, 2.75) is 40.3 Å². The van der Waals surface area contributed by atoms with Gasteiger partial charge in [-0.1, -0.05) is 121 Å². The number of carbonyl (C=O) groups excluding carboxylic acids is 1. The first-order chi connectivity index (χ1) is 25.8. The third kappa shape index (κ3) is 11.2. The van der Waals surface area contributed by atoms with Gasteiger partial charge in [-0.05, 0) is 71.5 Å². The Kier molecular flexibility index (Phi) is 13.6. The smallest absolute Gasteiger partial charge is 0.337 e. The SMILES string of the molecule is COC(=O)c1cc(C)c(OCc2ccccc2)c(OCc2ccccc2)c1.Cc1cc(C(=O)O)cc(OCc2ccccc2)c1OCc1ccccc1. The molecule has 0 bridgehead atoms. The molecule has 0 fully saturated rings. The Balaban J connectivity index is 0.000000204. The number of carboxylic acid groups (broad SMARTS) is 1. The fraction of sp³-hybridized carbons (Fsp3) is 0.156. The number of aryl methyl sites for hydroxylation is 2. The zero-order valence-electron chi connectivity index (χ0n) is 30.0. The van der Waals surface area contributed by atoms with Crippen molar-refractivity contribution in [3.8, 4) is 23.0 Å². The normalized spacial score (nSPS) is 10.3. The summed E-state index contributed by atoms with van der Waals surface area (Å²) in [6.45, 7) is 5.23. The zero-order valence-corrected chi connectivity index (χ0v) is 30.0. The first-order valence-corrected chi connectivity index (χ1v) is 17.1. The van der Waals surface area contributed by atoms with Crippen LogP contribution in [0.2, 0.25) is 0 Å². The highest BCUT2D eigenvalue weighted by Gasteiger charge is 2.17. The van der Waals surface area contributed by atoms with E-state index in [4.69, 9.17) is 23.7 Å². The predicted octanol–water partition coefficient (Wildman–Crippen LogP) is 9.79. The van der Waals surface area contributed by atoms with Crippen LogP contribution in [0, 0.1) is 13.8 Å². The van der Waals surface area contributed by atoms with Crippen molar-refractivity contribution in [3.05, 3.63) is 190 Å². The molecule has 8 heteroatoms. The largest absolute Gasteiger partial charge is 0.485 e. The van der Waals surface area contributed by atoms with Crippen molar-refractivity contribution in [1.82, 2.24) is 0 Å². The first kappa shape index (κ1) is 37.7. The van der Waals surface area contributed by atoms with E-state index in [0.29, 0.717) is 55.0 Å². The molecule has 6 aromatic rings. The highest BCUT2D eigenvalue weighted by atomic mass is 16.5. The monoisotopic (exact) mass is 710 g/mol. The van der Waals surface area contributed by atoms with E-state index in [9.17, 15) is 14.7 Å². The Morgan fingerprint density at radius 2 is 0.792 bits per heavy atom. The van der Waals surface area contributed by atoms with Crippen LogP contribution in [0.1, 0.15) is 54.1 Å². The van der Waals surface area contributed by atoms with Gasteiger partial charge in [0.15, 0.2) is 23.0 Å². The lowest BCUT2D eigenvalue weighted by Crippen LogP contribution is -2.06. The van der Waals surface area contributed by atoms with Crippen molar-refractivity contribution >= 4 is 11.9 Å². The fourth-order valence-corrected chi connectivity index (χ4v) is 5.36. The van der Waals surface area contributed by atoms with Crippen LogP contribution in [0.25, 0.3) is 0 Å². The van der Waals surface area contributed by atoms with Crippen LogP contribution < -0.4 is 18.9 Å². The zero-order chi connectivity index (χ0) is 37.4. The van der Waals surface area contributed by atoms with E-state index in [1.807, 2.05) is 135 Å². The Morgan fingerprint density at radius 3 is 1.13 bits per heavy atom. The molecule has 0 saturated carbocycles. The molecule has 1 N–H and O–H groups in total. The van der Waals surface area contributed by atoms with Crippen LogP contribution in [0.3, 0.4) is 0 Å². The molecule has 0 saturated heterocycles. The number of hydrogen-bond donors (Lipinski definition) is 1. The molecule has 0 aliphatic heterocycles. The summed E-state index contributed by atoms with van der Waals surface area (Å²) < 4.78 is 28.7. The van der Waals surface area contributed by atoms with Gasteiger partial charge in [-0.25, -0.2) is 9.59 Å². The maximum absolute atomic E-state index is 12.0. The van der Waals surface area contributed by atoms with Gasteiger partial charge in [0.2, 0.25) is 0 Å². The molecule has 0 spiro atoms. The number of hydrogen-bond acceptors (Lipinski definition) is 7. The Bertz CT molecular complexity index is 2070. The Morgan fingerprint density at radius 1 is 0.472 bits per heavy atom. The standard InChI is InChI=1S/C23H22O4.C22H20O4/c1-17-13-20(23(24)25-2)14-21(26-15-18-9-5-3-6-10-18)22(17)27-16-19-11-7-4-8-12-19;1-16-12-19(22(23)24)13-20(25-14-17-8-4-2-5-9-17)21(16)26-15-18-10-6-3-7-11-18/h3-14H,15-16H2,1-2H3;2-13H,14-15H2,1H3,(H,23,24). The Hall–Kier alpha value is -6.54. The predicted molar refractivity (Wildman–Crippen MR) is 204 cm³/mol. The third-order valence-corrected chi connectivity index (χ3v) is 8.08. The minimum atomic E-state index is -0.993. The second-order valence-corrected chi connectivity index (χ2v) is 12.1. The van der Waals surface area contributed by atoms with E-state index in [2.05, 4.69) is 0 Å². The minimum Gasteiger partial charge on any atom is -0.485 e. The van der Waals surface area contributed by atoms with Gasteiger partial charge >= 0.3 is 11.9 Å². The van der Waals surface area contributed by atoms with Crippen LogP contribution in [-0.4, -0.2) is 24.2 Å². The van der Waals surface area contributed by atoms with Crippen molar-refractivity contribution in [1.29, 1.82) is 0 Å². The average molecular weight is 711 g/mol. The number of rotatable bonds is 14. The van der Waals surface area contributed by atoms with Crippen LogP contribution in [0.4, 0.5) is 0 Å². The lowest BCUT2D eigenvalue weighted by molar-refractivity contribution is 0.0599. The molecule has 0 aliphatic rings. The van der Waals surface area contributed by atoms with Gasteiger partial charge in [-0.3, -0.25) is 0 Å². The number of carbonyl (C=O) groups is 2. The van der Waals surface area contributed by atoms with Crippen LogP contribution in [0.5, 0.6) is 23.0 Å². The van der Waals surface area contributed by atoms with E-state index in [-0.39, 0.29) is 5.56 Å². The van der Waals surface area contributed by atoms with E-state index >= 15 is 0 Å². The van der Waals surface area contributed by atoms with Crippen molar-refractivity contribution in [2.75, 3.05) is 7.11 Å². The number of aromatic carboxylic acids is 1. The summed E-state index contributed by atoms with van der Waals surface area (Å²) in [4.78, 5) is 23.3. The molecule has 0 heterocycles. The molecule has 0 atom stereocenters. The number of benzene rings is 6. The summed E-state index contributed by atoms with van der Waals surface area (Å²) in [7, 11) is 1.36. The molecule has 0 unspecified atom stereocenters. The third-order valence-electron chi connectivity index (χ3n) is 8.08. The summed E-state index contributed by atoms with van der Waals surface area (Å²) in [5.41, 5.74) is 6.28. The number of carboxylic acids is 1. The lowest BCUT2D eigenvalue weighted by Gasteiger charge is -2.16. The number of methoxy groups -OCH3 is 1. The van der Waals surface area contributed by atoms with Gasteiger partial charge in [0.1, 0.15) is 26.4 Å². The molecule has 6 aromatic carbocycles. The maximum Gasteiger partial charge on any atom is 0.337 e. The van der Waals surface area contributed by atoms with Crippen molar-refractivity contribution in [2.24, 2.45) is 0 Å². The summed E-state index contributed by atoms with van der Waals surface area (Å²) >= 11 is 0. The topological polar surface area (TPSA) is 101 Å². The quantitative estimate of drug-likeness (QED) is 0.112. The van der Waals surface area contributed by atoms with Gasteiger partial charge in [-0.15, -0.1) is 0 Å². The first-order valence-electron chi connectivity index (χ1n) is 17.1. The second kappa shape index (κ2) is 19.2. The van der Waals surface area contributed by atoms with Gasteiger partial charge in [-0.2, -0.15) is 0 Å². The Labute approximate surface area is 310 Å². The molecular formula is C45H42O8. The van der Waals surface area contributed by atoms with Crippen LogP contribution in [-0.2, 0) is 31.2 Å². The fourth-order valence-electron chi connectivity index (χ4n) is 5.36. The number of ether oxygens (including phenoxy) is 5. The molecule has 0 radical (unpaired) electrons. The van der Waals surface area contributed by atoms with Crippen LogP contribution >= 0.6 is 0 Å². The van der Waals surface area contributed by atoms with E-state index < -0.39 is 11.9 Å². The van der Waals surface area contributed by atoms with Gasteiger partial charge in [0, 0.05) is 0 Å². The average Bonchev–Trinajstić information content (AvgIpc) is 3.19. The summed E-state index contributed by atoms with van der Waals surface area (Å²) in [5.74, 6) is 0.749.